The second-order valence-corrected chi connectivity index (χ2v) is 34.9. The molecule has 0 radical (unpaired) electrons. The zero-order valence-electron chi connectivity index (χ0n) is 67.9. The molecule has 22 nitrogen and oxygen atoms in total. The number of carbonyl (C=O) groups is 10. The van der Waals surface area contributed by atoms with Crippen LogP contribution in [0, 0.1) is 0 Å². The third kappa shape index (κ3) is 21.5. The van der Waals surface area contributed by atoms with Crippen LogP contribution in [-0.4, -0.2) is 100 Å². The van der Waals surface area contributed by atoms with Crippen molar-refractivity contribution in [3.63, 3.8) is 0 Å². The van der Waals surface area contributed by atoms with Crippen molar-refractivity contribution in [1.29, 1.82) is 0 Å². The molecule has 2 amide bonds. The van der Waals surface area contributed by atoms with Crippen LogP contribution in [0.2, 0.25) is 0 Å². The molecular formula is C97H65Br3F6N4O18S2. The van der Waals surface area contributed by atoms with Gasteiger partial charge in [-0.3, -0.25) is 57.4 Å². The van der Waals surface area contributed by atoms with E-state index in [9.17, 15) is 91.1 Å². The van der Waals surface area contributed by atoms with Crippen LogP contribution in [0.1, 0.15) is 147 Å². The molecule has 656 valence electrons. The highest BCUT2D eigenvalue weighted by atomic mass is 79.9. The zero-order valence-corrected chi connectivity index (χ0v) is 74.2. The Labute approximate surface area is 763 Å². The molecule has 0 saturated carbocycles. The molecular weight excluding hydrogens is 1930 g/mol. The van der Waals surface area contributed by atoms with Crippen molar-refractivity contribution in [1.82, 2.24) is 20.1 Å². The highest BCUT2D eigenvalue weighted by molar-refractivity contribution is 9.11. The molecule has 0 aliphatic heterocycles. The van der Waals surface area contributed by atoms with E-state index in [0.29, 0.717) is 36.6 Å². The minimum atomic E-state index is -4.23. The number of nitrogens with one attached hydrogen (secondary N) is 4. The highest BCUT2D eigenvalue weighted by Crippen LogP contribution is 2.40. The van der Waals surface area contributed by atoms with Gasteiger partial charge < -0.3 is 29.6 Å². The van der Waals surface area contributed by atoms with Gasteiger partial charge in [-0.2, -0.15) is 26.3 Å². The number of methoxy groups -OCH3 is 1. The summed E-state index contributed by atoms with van der Waals surface area (Å²) in [6.45, 7) is 1.80. The number of carbonyl (C=O) groups excluding carboxylic acids is 10. The van der Waals surface area contributed by atoms with Gasteiger partial charge >= 0.3 is 18.3 Å². The van der Waals surface area contributed by atoms with Crippen LogP contribution in [0.3, 0.4) is 0 Å². The standard InChI is InChI=1S/C26H19F2NO5.C25H16BrF2NO4.C24H16BrF2NO5S.C22H14BrNO4S/c1-26(27,28)34-18-13-7-15(8-14-18)21-22(24(31)20-6-4-3-5-19(20)23(21)30)29-25(32)16-9-11-17(33-2)12-10-16;1-25(27,28)33-17-12-8-14(9-13-17)20-21(29-24(32)15-6-10-16(26)11-7-15)23(31)19-5-3-2-4-18(19)22(20)30;1-24(26,27)33-16-10-6-14(7-11-16)20-21(23(30)19-5-3-2-4-18(19)22(20)29)28-34(31,32)17-12-8-15(25)9-13-17;23-15-10-12-16(13-11-15)29(27,28)24-20-19(14-6-2-1-3-7-14)21(25)17-8-4-5-9-18(17)22(20)26/h3-14H,1-2H3,(H,29,32);2-13H,1H3,(H,29,32);2-13,28H,1H3;1-13,24H. The van der Waals surface area contributed by atoms with Gasteiger partial charge in [0.2, 0.25) is 23.1 Å². The van der Waals surface area contributed by atoms with E-state index in [2.05, 4.69) is 82.1 Å². The van der Waals surface area contributed by atoms with Crippen LogP contribution in [0.25, 0.3) is 22.3 Å². The third-order valence-corrected chi connectivity index (χ3v) is 23.8. The molecule has 0 spiro atoms. The van der Waals surface area contributed by atoms with Gasteiger partial charge in [-0.15, -0.1) is 0 Å². The normalized spacial score (nSPS) is 13.8. The summed E-state index contributed by atoms with van der Waals surface area (Å²) >= 11 is 9.79. The Bertz CT molecular complexity index is 6970. The number of fused-ring (bicyclic) bond motifs is 4. The number of alkyl halides is 6. The van der Waals surface area contributed by atoms with E-state index in [1.165, 1.54) is 171 Å². The molecule has 4 N–H and O–H groups in total. The van der Waals surface area contributed by atoms with Crippen LogP contribution in [0.15, 0.2) is 343 Å². The van der Waals surface area contributed by atoms with Crippen molar-refractivity contribution < 1.29 is 110 Å². The molecule has 16 rings (SSSR count). The number of ketones is 8. The Morgan fingerprint density at radius 3 is 0.754 bits per heavy atom. The Kier molecular flexibility index (Phi) is 27.7. The number of halogens is 9. The largest absolute Gasteiger partial charge is 0.497 e. The van der Waals surface area contributed by atoms with E-state index in [4.69, 9.17) is 4.74 Å². The number of ether oxygens (including phenoxy) is 4. The molecule has 0 heterocycles. The van der Waals surface area contributed by atoms with E-state index in [1.807, 2.05) is 0 Å². The summed E-state index contributed by atoms with van der Waals surface area (Å²) < 4.78 is 156. The minimum absolute atomic E-state index is 0.0141. The fourth-order valence-electron chi connectivity index (χ4n) is 13.7. The van der Waals surface area contributed by atoms with Crippen LogP contribution in [0.5, 0.6) is 23.0 Å². The van der Waals surface area contributed by atoms with Gasteiger partial charge in [0.1, 0.15) is 45.8 Å². The quantitative estimate of drug-likeness (QED) is 0.0486. The smallest absolute Gasteiger partial charge is 0.394 e. The van der Waals surface area contributed by atoms with E-state index >= 15 is 0 Å². The maximum atomic E-state index is 13.4. The van der Waals surface area contributed by atoms with E-state index < -0.39 is 102 Å². The summed E-state index contributed by atoms with van der Waals surface area (Å²) in [4.78, 5) is 132. The number of hydrogen-bond donors (Lipinski definition) is 4. The lowest BCUT2D eigenvalue weighted by atomic mass is 9.84. The van der Waals surface area contributed by atoms with E-state index in [-0.39, 0.29) is 139 Å². The van der Waals surface area contributed by atoms with Gasteiger partial charge in [0, 0.05) is 89.8 Å². The Morgan fingerprint density at radius 1 is 0.277 bits per heavy atom. The van der Waals surface area contributed by atoms with Crippen molar-refractivity contribution in [3.8, 4) is 23.0 Å². The molecule has 130 heavy (non-hydrogen) atoms. The Hall–Kier alpha value is -14.4. The van der Waals surface area contributed by atoms with E-state index in [0.717, 1.165) is 8.95 Å². The maximum absolute atomic E-state index is 13.4. The predicted octanol–water partition coefficient (Wildman–Crippen LogP) is 20.0. The molecule has 0 saturated heterocycles. The first-order valence-electron chi connectivity index (χ1n) is 38.5. The lowest BCUT2D eigenvalue weighted by Crippen LogP contribution is -2.33. The highest BCUT2D eigenvalue weighted by Gasteiger charge is 2.41. The maximum Gasteiger partial charge on any atom is 0.394 e. The molecule has 12 aromatic carbocycles. The van der Waals surface area contributed by atoms with Crippen LogP contribution >= 0.6 is 47.8 Å². The van der Waals surface area contributed by atoms with Gasteiger partial charge in [0.25, 0.3) is 31.9 Å². The topological polar surface area (TPSA) is 324 Å². The van der Waals surface area contributed by atoms with Crippen molar-refractivity contribution in [3.05, 3.63) is 411 Å². The first-order valence-corrected chi connectivity index (χ1v) is 43.9. The van der Waals surface area contributed by atoms with Gasteiger partial charge in [-0.1, -0.05) is 212 Å². The third-order valence-electron chi connectivity index (χ3n) is 19.5. The Balaban J connectivity index is 0.000000148. The molecule has 0 fully saturated rings. The lowest BCUT2D eigenvalue weighted by molar-refractivity contribution is -0.159. The van der Waals surface area contributed by atoms with Gasteiger partial charge in [-0.05, 0) is 156 Å². The number of amides is 2. The molecule has 4 aliphatic rings. The van der Waals surface area contributed by atoms with E-state index in [1.54, 1.807) is 133 Å². The molecule has 0 bridgehead atoms. The summed E-state index contributed by atoms with van der Waals surface area (Å²) in [6, 6.07) is 73.7. The molecule has 0 aromatic heterocycles. The SMILES string of the molecule is CC(F)(F)Oc1ccc(C2=C(NC(=O)c3ccc(Br)cc3)C(=O)c3ccccc3C2=O)cc1.CC(F)(F)Oc1ccc(C2=C(NS(=O)(=O)c3ccc(Br)cc3)C(=O)c3ccccc3C2=O)cc1.COc1ccc(C(=O)NC2=C(c3ccc(OC(C)(F)F)cc3)C(=O)c3ccccc3C2=O)cc1.O=C1C(NS(=O)(=O)c2ccc(Br)cc2)=C(c2ccccc2)C(=O)c2ccccc21. The summed E-state index contributed by atoms with van der Waals surface area (Å²) in [6.07, 6.45) is -10.2. The fraction of sp³-hybridized carbons (Fsp3) is 0.0722. The average molecular weight is 1990 g/mol. The number of hydrogen-bond acceptors (Lipinski definition) is 18. The second kappa shape index (κ2) is 38.7. The number of Topliss-reactive ketones (excluding diaryl/α,β-unsaturated/α-hetero) is 8. The summed E-state index contributed by atoms with van der Waals surface area (Å²) in [5.74, 6) is -5.22. The zero-order chi connectivity index (χ0) is 93.5. The van der Waals surface area contributed by atoms with Crippen molar-refractivity contribution in [2.75, 3.05) is 7.11 Å². The summed E-state index contributed by atoms with van der Waals surface area (Å²) in [5, 5.41) is 5.15. The predicted molar refractivity (Wildman–Crippen MR) is 479 cm³/mol. The summed E-state index contributed by atoms with van der Waals surface area (Å²) in [7, 11) is -6.82. The van der Waals surface area contributed by atoms with Crippen LogP contribution in [-0.2, 0) is 20.0 Å². The number of allylic oxidation sites excluding steroid dienone is 8. The molecule has 4 aliphatic carbocycles. The fourth-order valence-corrected chi connectivity index (χ4v) is 16.6. The van der Waals surface area contributed by atoms with Crippen LogP contribution in [0.4, 0.5) is 26.3 Å². The average Bonchev–Trinajstić information content (AvgIpc) is 0.763. The summed E-state index contributed by atoms with van der Waals surface area (Å²) in [5.41, 5.74) is 1.72. The first-order chi connectivity index (χ1) is 61.7. The molecule has 0 unspecified atom stereocenters. The monoisotopic (exact) mass is 1990 g/mol. The van der Waals surface area contributed by atoms with Crippen molar-refractivity contribution in [2.45, 2.75) is 48.9 Å². The van der Waals surface area contributed by atoms with Crippen molar-refractivity contribution in [2.24, 2.45) is 0 Å². The first kappa shape index (κ1) is 93.3. The second-order valence-electron chi connectivity index (χ2n) is 28.7. The lowest BCUT2D eigenvalue weighted by Gasteiger charge is -2.22. The minimum Gasteiger partial charge on any atom is -0.497 e. The van der Waals surface area contributed by atoms with Gasteiger partial charge in [0.15, 0.2) is 23.1 Å². The van der Waals surface area contributed by atoms with Gasteiger partial charge in [-0.25, -0.2) is 16.8 Å². The van der Waals surface area contributed by atoms with Crippen molar-refractivity contribution >= 4 is 148 Å². The number of benzene rings is 12. The Morgan fingerprint density at radius 2 is 0.492 bits per heavy atom. The molecule has 33 heteroatoms. The number of rotatable bonds is 21. The molecule has 0 atom stereocenters. The molecule has 12 aromatic rings. The number of sulfonamides is 2. The van der Waals surface area contributed by atoms with Crippen LogP contribution < -0.4 is 39.0 Å². The van der Waals surface area contributed by atoms with Gasteiger partial charge in [0.05, 0.1) is 39.2 Å².